The number of unbranched alkanes of at least 4 members (excludes halogenated alkanes) is 1. The molecule has 19 heavy (non-hydrogen) atoms. The summed E-state index contributed by atoms with van der Waals surface area (Å²) in [5.74, 6) is 0.934. The molecule has 4 heteroatoms. The molecule has 1 N–H and O–H groups in total. The van der Waals surface area contributed by atoms with Crippen LogP contribution in [-0.4, -0.2) is 26.4 Å². The van der Waals surface area contributed by atoms with Gasteiger partial charge < -0.3 is 14.8 Å². The van der Waals surface area contributed by atoms with Gasteiger partial charge in [-0.1, -0.05) is 36.2 Å². The Kier molecular flexibility index (Phi) is 8.88. The van der Waals surface area contributed by atoms with Crippen LogP contribution in [0.1, 0.15) is 32.3 Å². The van der Waals surface area contributed by atoms with Crippen molar-refractivity contribution in [2.75, 3.05) is 26.4 Å². The van der Waals surface area contributed by atoms with Crippen molar-refractivity contribution in [2.24, 2.45) is 0 Å². The van der Waals surface area contributed by atoms with Crippen molar-refractivity contribution in [3.63, 3.8) is 0 Å². The number of ether oxygens (including phenoxy) is 2. The van der Waals surface area contributed by atoms with Crippen molar-refractivity contribution in [1.29, 1.82) is 0 Å². The van der Waals surface area contributed by atoms with E-state index < -0.39 is 0 Å². The highest BCUT2D eigenvalue weighted by atomic mass is 79.9. The molecule has 0 spiro atoms. The first-order valence-corrected chi connectivity index (χ1v) is 7.77. The van der Waals surface area contributed by atoms with Gasteiger partial charge in [-0.2, -0.15) is 0 Å². The number of rotatable bonds is 10. The highest BCUT2D eigenvalue weighted by Gasteiger charge is 2.04. The van der Waals surface area contributed by atoms with Crippen LogP contribution in [0, 0.1) is 0 Å². The highest BCUT2D eigenvalue weighted by molar-refractivity contribution is 9.10. The minimum atomic E-state index is 0.602. The molecule has 1 aromatic carbocycles. The van der Waals surface area contributed by atoms with Gasteiger partial charge in [0.15, 0.2) is 0 Å². The topological polar surface area (TPSA) is 30.5 Å². The zero-order valence-corrected chi connectivity index (χ0v) is 13.5. The molecular formula is C15H24BrNO2. The molecule has 0 saturated heterocycles. The van der Waals surface area contributed by atoms with Gasteiger partial charge in [0.05, 0.1) is 6.61 Å². The summed E-state index contributed by atoms with van der Waals surface area (Å²) in [4.78, 5) is 0. The van der Waals surface area contributed by atoms with Crippen molar-refractivity contribution < 1.29 is 9.47 Å². The van der Waals surface area contributed by atoms with Crippen LogP contribution >= 0.6 is 15.9 Å². The predicted octanol–water partition coefficient (Wildman–Crippen LogP) is 3.75. The van der Waals surface area contributed by atoms with E-state index in [9.17, 15) is 0 Å². The zero-order chi connectivity index (χ0) is 13.9. The molecule has 0 aromatic heterocycles. The van der Waals surface area contributed by atoms with Crippen LogP contribution in [0.4, 0.5) is 0 Å². The van der Waals surface area contributed by atoms with Crippen molar-refractivity contribution in [3.05, 3.63) is 28.2 Å². The van der Waals surface area contributed by atoms with E-state index in [-0.39, 0.29) is 0 Å². The fourth-order valence-electron chi connectivity index (χ4n) is 1.65. The molecule has 0 atom stereocenters. The quantitative estimate of drug-likeness (QED) is 0.663. The third kappa shape index (κ3) is 6.95. The molecule has 3 nitrogen and oxygen atoms in total. The van der Waals surface area contributed by atoms with Crippen molar-refractivity contribution in [3.8, 4) is 5.75 Å². The summed E-state index contributed by atoms with van der Waals surface area (Å²) in [5.41, 5.74) is 1.17. The molecule has 1 rings (SSSR count). The van der Waals surface area contributed by atoms with Crippen LogP contribution in [0.25, 0.3) is 0 Å². The van der Waals surface area contributed by atoms with Crippen LogP contribution < -0.4 is 10.1 Å². The predicted molar refractivity (Wildman–Crippen MR) is 82.7 cm³/mol. The largest absolute Gasteiger partial charge is 0.491 e. The molecular weight excluding hydrogens is 306 g/mol. The smallest absolute Gasteiger partial charge is 0.123 e. The summed E-state index contributed by atoms with van der Waals surface area (Å²) in [5, 5.41) is 3.32. The Labute approximate surface area is 124 Å². The Balaban J connectivity index is 2.38. The van der Waals surface area contributed by atoms with Gasteiger partial charge in [-0.05, 0) is 31.2 Å². The van der Waals surface area contributed by atoms with Crippen LogP contribution in [0.5, 0.6) is 5.75 Å². The molecule has 0 amide bonds. The first-order valence-electron chi connectivity index (χ1n) is 6.97. The van der Waals surface area contributed by atoms with E-state index in [0.29, 0.717) is 13.2 Å². The van der Waals surface area contributed by atoms with E-state index in [4.69, 9.17) is 9.47 Å². The Morgan fingerprint density at radius 3 is 2.74 bits per heavy atom. The van der Waals surface area contributed by atoms with Gasteiger partial charge in [-0.15, -0.1) is 0 Å². The van der Waals surface area contributed by atoms with E-state index >= 15 is 0 Å². The molecule has 0 heterocycles. The molecule has 0 unspecified atom stereocenters. The van der Waals surface area contributed by atoms with E-state index in [1.54, 1.807) is 0 Å². The summed E-state index contributed by atoms with van der Waals surface area (Å²) in [6, 6.07) is 6.10. The van der Waals surface area contributed by atoms with E-state index in [0.717, 1.165) is 36.3 Å². The Bertz CT molecular complexity index is 358. The van der Waals surface area contributed by atoms with Gasteiger partial charge in [0.1, 0.15) is 12.4 Å². The van der Waals surface area contributed by atoms with Crippen molar-refractivity contribution in [1.82, 2.24) is 5.32 Å². The highest BCUT2D eigenvalue weighted by Crippen LogP contribution is 2.23. The second-order valence-electron chi connectivity index (χ2n) is 4.35. The standard InChI is InChI=1S/C15H24BrNO2/c1-3-5-8-18-9-10-19-15-7-6-14(16)11-13(15)12-17-4-2/h6-7,11,17H,3-5,8-10,12H2,1-2H3. The van der Waals surface area contributed by atoms with Gasteiger partial charge in [0.25, 0.3) is 0 Å². The number of hydrogen-bond acceptors (Lipinski definition) is 3. The lowest BCUT2D eigenvalue weighted by Crippen LogP contribution is -2.14. The summed E-state index contributed by atoms with van der Waals surface area (Å²) < 4.78 is 12.4. The first-order chi connectivity index (χ1) is 9.27. The molecule has 0 aliphatic heterocycles. The number of halogens is 1. The van der Waals surface area contributed by atoms with E-state index in [1.807, 2.05) is 12.1 Å². The summed E-state index contributed by atoms with van der Waals surface area (Å²) in [6.07, 6.45) is 2.28. The third-order valence-electron chi connectivity index (χ3n) is 2.72. The minimum absolute atomic E-state index is 0.602. The van der Waals surface area contributed by atoms with Crippen LogP contribution in [0.15, 0.2) is 22.7 Å². The third-order valence-corrected chi connectivity index (χ3v) is 3.21. The monoisotopic (exact) mass is 329 g/mol. The molecule has 0 bridgehead atoms. The van der Waals surface area contributed by atoms with E-state index in [2.05, 4.69) is 41.2 Å². The molecule has 0 fully saturated rings. The van der Waals surface area contributed by atoms with Crippen LogP contribution in [0.2, 0.25) is 0 Å². The second-order valence-corrected chi connectivity index (χ2v) is 5.26. The maximum absolute atomic E-state index is 5.78. The molecule has 1 aromatic rings. The van der Waals surface area contributed by atoms with Gasteiger partial charge >= 0.3 is 0 Å². The summed E-state index contributed by atoms with van der Waals surface area (Å²) in [7, 11) is 0. The maximum Gasteiger partial charge on any atom is 0.123 e. The summed E-state index contributed by atoms with van der Waals surface area (Å²) >= 11 is 3.49. The van der Waals surface area contributed by atoms with Crippen molar-refractivity contribution >= 4 is 15.9 Å². The molecule has 108 valence electrons. The van der Waals surface area contributed by atoms with Gasteiger partial charge in [0, 0.05) is 23.2 Å². The summed E-state index contributed by atoms with van der Waals surface area (Å²) in [6.45, 7) is 8.11. The SMILES string of the molecule is CCCCOCCOc1ccc(Br)cc1CNCC. The van der Waals surface area contributed by atoms with Gasteiger partial charge in [-0.25, -0.2) is 0 Å². The van der Waals surface area contributed by atoms with Crippen molar-refractivity contribution in [2.45, 2.75) is 33.2 Å². The first kappa shape index (κ1) is 16.5. The maximum atomic E-state index is 5.78. The Morgan fingerprint density at radius 2 is 2.00 bits per heavy atom. The fraction of sp³-hybridized carbons (Fsp3) is 0.600. The number of hydrogen-bond donors (Lipinski definition) is 1. The lowest BCUT2D eigenvalue weighted by Gasteiger charge is -2.12. The zero-order valence-electron chi connectivity index (χ0n) is 11.9. The van der Waals surface area contributed by atoms with Gasteiger partial charge in [-0.3, -0.25) is 0 Å². The fourth-order valence-corrected chi connectivity index (χ4v) is 2.05. The lowest BCUT2D eigenvalue weighted by atomic mass is 10.2. The van der Waals surface area contributed by atoms with Crippen LogP contribution in [-0.2, 0) is 11.3 Å². The van der Waals surface area contributed by atoms with Gasteiger partial charge in [0.2, 0.25) is 0 Å². The number of nitrogens with one attached hydrogen (secondary N) is 1. The average molecular weight is 330 g/mol. The molecule has 0 saturated carbocycles. The second kappa shape index (κ2) is 10.2. The van der Waals surface area contributed by atoms with Crippen LogP contribution in [0.3, 0.4) is 0 Å². The molecule has 0 aliphatic carbocycles. The average Bonchev–Trinajstić information content (AvgIpc) is 2.42. The minimum Gasteiger partial charge on any atom is -0.491 e. The molecule has 0 radical (unpaired) electrons. The van der Waals surface area contributed by atoms with E-state index in [1.165, 1.54) is 12.0 Å². The Morgan fingerprint density at radius 1 is 1.16 bits per heavy atom. The normalized spacial score (nSPS) is 10.7. The number of benzene rings is 1. The Hall–Kier alpha value is -0.580. The lowest BCUT2D eigenvalue weighted by molar-refractivity contribution is 0.0977. The molecule has 0 aliphatic rings.